The number of aromatic nitrogens is 1. The molecule has 1 atom stereocenters. The van der Waals surface area contributed by atoms with E-state index < -0.39 is 23.5 Å². The minimum Gasteiger partial charge on any atom is -0.460 e. The quantitative estimate of drug-likeness (QED) is 0.844. The van der Waals surface area contributed by atoms with E-state index in [4.69, 9.17) is 10.5 Å². The molecule has 1 aromatic carbocycles. The van der Waals surface area contributed by atoms with Crippen molar-refractivity contribution in [1.82, 2.24) is 4.98 Å². The van der Waals surface area contributed by atoms with Gasteiger partial charge in [0.1, 0.15) is 5.60 Å². The number of hydrogen-bond donors (Lipinski definition) is 2. The molecule has 0 spiro atoms. The lowest BCUT2D eigenvalue weighted by Gasteiger charge is -2.20. The molecule has 0 saturated carbocycles. The molecular weight excluding hydrogens is 294 g/mol. The maximum absolute atomic E-state index is 12.1. The maximum Gasteiger partial charge on any atom is 0.308 e. The van der Waals surface area contributed by atoms with Crippen LogP contribution in [-0.4, -0.2) is 28.5 Å². The molecule has 1 unspecified atom stereocenters. The van der Waals surface area contributed by atoms with Crippen molar-refractivity contribution in [3.8, 4) is 0 Å². The van der Waals surface area contributed by atoms with E-state index >= 15 is 0 Å². The highest BCUT2D eigenvalue weighted by Gasteiger charge is 2.22. The van der Waals surface area contributed by atoms with E-state index in [0.717, 1.165) is 10.9 Å². The molecule has 23 heavy (non-hydrogen) atoms. The van der Waals surface area contributed by atoms with Gasteiger partial charge in [0.25, 0.3) is 0 Å². The number of carbonyl (C=O) groups excluding carboxylic acids is 2. The van der Waals surface area contributed by atoms with Gasteiger partial charge in [0.15, 0.2) is 0 Å². The molecule has 0 saturated heterocycles. The smallest absolute Gasteiger partial charge is 0.308 e. The summed E-state index contributed by atoms with van der Waals surface area (Å²) in [6, 6.07) is 8.12. The van der Waals surface area contributed by atoms with Gasteiger partial charge in [0.2, 0.25) is 5.91 Å². The average molecular weight is 315 g/mol. The Kier molecular flexibility index (Phi) is 4.95. The first-order valence-corrected chi connectivity index (χ1v) is 7.38. The van der Waals surface area contributed by atoms with Crippen molar-refractivity contribution in [2.45, 2.75) is 38.8 Å². The lowest BCUT2D eigenvalue weighted by atomic mass is 10.1. The van der Waals surface area contributed by atoms with Crippen LogP contribution in [0.3, 0.4) is 0 Å². The summed E-state index contributed by atoms with van der Waals surface area (Å²) in [4.78, 5) is 28.0. The summed E-state index contributed by atoms with van der Waals surface area (Å²) in [6.07, 6.45) is 1.54. The molecule has 0 fully saturated rings. The Balaban J connectivity index is 1.98. The number of nitrogens with one attached hydrogen (secondary N) is 1. The zero-order valence-corrected chi connectivity index (χ0v) is 13.5. The molecule has 0 radical (unpaired) electrons. The Morgan fingerprint density at radius 1 is 1.30 bits per heavy atom. The molecule has 2 rings (SSSR count). The second kappa shape index (κ2) is 6.75. The number of rotatable bonds is 4. The number of hydrogen-bond acceptors (Lipinski definition) is 5. The Morgan fingerprint density at radius 3 is 2.74 bits per heavy atom. The summed E-state index contributed by atoms with van der Waals surface area (Å²) < 4.78 is 5.16. The van der Waals surface area contributed by atoms with Gasteiger partial charge in [-0.05, 0) is 45.0 Å². The number of nitrogens with two attached hydrogens (primary N) is 1. The van der Waals surface area contributed by atoms with Crippen LogP contribution in [0.1, 0.15) is 27.2 Å². The first-order valence-electron chi connectivity index (χ1n) is 7.38. The second-order valence-corrected chi connectivity index (χ2v) is 6.30. The van der Waals surface area contributed by atoms with Gasteiger partial charge in [-0.15, -0.1) is 0 Å². The summed E-state index contributed by atoms with van der Waals surface area (Å²) in [6.45, 7) is 5.29. The first kappa shape index (κ1) is 16.9. The van der Waals surface area contributed by atoms with Crippen LogP contribution in [0.5, 0.6) is 0 Å². The Hall–Kier alpha value is -2.47. The minimum atomic E-state index is -0.963. The summed E-state index contributed by atoms with van der Waals surface area (Å²) in [5.74, 6) is -0.929. The van der Waals surface area contributed by atoms with E-state index in [-0.39, 0.29) is 6.42 Å². The van der Waals surface area contributed by atoms with E-state index in [1.807, 2.05) is 18.2 Å². The molecule has 0 bridgehead atoms. The van der Waals surface area contributed by atoms with Crippen LogP contribution in [-0.2, 0) is 14.3 Å². The highest BCUT2D eigenvalue weighted by molar-refractivity contribution is 5.98. The van der Waals surface area contributed by atoms with Gasteiger partial charge in [0.05, 0.1) is 18.0 Å². The van der Waals surface area contributed by atoms with Gasteiger partial charge in [0, 0.05) is 17.3 Å². The molecule has 6 nitrogen and oxygen atoms in total. The summed E-state index contributed by atoms with van der Waals surface area (Å²) in [7, 11) is 0. The zero-order chi connectivity index (χ0) is 17.0. The van der Waals surface area contributed by atoms with Crippen molar-refractivity contribution in [3.63, 3.8) is 0 Å². The van der Waals surface area contributed by atoms with Crippen LogP contribution in [0.4, 0.5) is 5.69 Å². The van der Waals surface area contributed by atoms with Gasteiger partial charge in [-0.3, -0.25) is 14.6 Å². The van der Waals surface area contributed by atoms with Gasteiger partial charge in [-0.1, -0.05) is 6.07 Å². The second-order valence-electron chi connectivity index (χ2n) is 6.30. The van der Waals surface area contributed by atoms with Crippen LogP contribution in [0.15, 0.2) is 36.5 Å². The van der Waals surface area contributed by atoms with Crippen LogP contribution in [0.2, 0.25) is 0 Å². The third-order valence-corrected chi connectivity index (χ3v) is 3.01. The van der Waals surface area contributed by atoms with Crippen LogP contribution < -0.4 is 11.1 Å². The SMILES string of the molecule is CC(C)(C)OC(=O)CC(N)C(=O)Nc1ccc2ncccc2c1. The first-order chi connectivity index (χ1) is 10.7. The molecule has 6 heteroatoms. The number of esters is 1. The van der Waals surface area contributed by atoms with Crippen molar-refractivity contribution in [1.29, 1.82) is 0 Å². The number of nitrogens with zero attached hydrogens (tertiary/aromatic N) is 1. The van der Waals surface area contributed by atoms with E-state index in [1.165, 1.54) is 0 Å². The standard InChI is InChI=1S/C17H21N3O3/c1-17(2,3)23-15(21)10-13(18)16(22)20-12-6-7-14-11(9-12)5-4-8-19-14/h4-9,13H,10,18H2,1-3H3,(H,20,22). The monoisotopic (exact) mass is 315 g/mol. The van der Waals surface area contributed by atoms with E-state index in [9.17, 15) is 9.59 Å². The molecule has 0 aliphatic rings. The van der Waals surface area contributed by atoms with Crippen molar-refractivity contribution in [2.24, 2.45) is 5.73 Å². The third kappa shape index (κ3) is 5.03. The van der Waals surface area contributed by atoms with Crippen molar-refractivity contribution in [3.05, 3.63) is 36.5 Å². The topological polar surface area (TPSA) is 94.3 Å². The maximum atomic E-state index is 12.1. The number of amides is 1. The number of carbonyl (C=O) groups is 2. The molecule has 1 aromatic heterocycles. The third-order valence-electron chi connectivity index (χ3n) is 3.01. The highest BCUT2D eigenvalue weighted by atomic mass is 16.6. The number of pyridine rings is 1. The largest absolute Gasteiger partial charge is 0.460 e. The molecule has 1 heterocycles. The van der Waals surface area contributed by atoms with Gasteiger partial charge >= 0.3 is 5.97 Å². The van der Waals surface area contributed by atoms with Gasteiger partial charge < -0.3 is 15.8 Å². The number of benzene rings is 1. The summed E-state index contributed by atoms with van der Waals surface area (Å²) in [5, 5.41) is 3.61. The number of ether oxygens (including phenoxy) is 1. The van der Waals surface area contributed by atoms with Gasteiger partial charge in [-0.2, -0.15) is 0 Å². The lowest BCUT2D eigenvalue weighted by Crippen LogP contribution is -2.39. The molecular formula is C17H21N3O3. The molecule has 3 N–H and O–H groups in total. The van der Waals surface area contributed by atoms with E-state index in [2.05, 4.69) is 10.3 Å². The van der Waals surface area contributed by atoms with Crippen molar-refractivity contribution >= 4 is 28.5 Å². The van der Waals surface area contributed by atoms with Crippen LogP contribution in [0.25, 0.3) is 10.9 Å². The predicted octanol–water partition coefficient (Wildman–Crippen LogP) is 2.23. The Labute approximate surface area is 135 Å². The Bertz CT molecular complexity index is 722. The molecule has 0 aliphatic carbocycles. The molecule has 1 amide bonds. The van der Waals surface area contributed by atoms with E-state index in [0.29, 0.717) is 5.69 Å². The molecule has 2 aromatic rings. The molecule has 0 aliphatic heterocycles. The van der Waals surface area contributed by atoms with Crippen LogP contribution >= 0.6 is 0 Å². The predicted molar refractivity (Wildman–Crippen MR) is 88.8 cm³/mol. The van der Waals surface area contributed by atoms with Crippen molar-refractivity contribution < 1.29 is 14.3 Å². The average Bonchev–Trinajstić information content (AvgIpc) is 2.45. The fourth-order valence-electron chi connectivity index (χ4n) is 2.04. The lowest BCUT2D eigenvalue weighted by molar-refractivity contribution is -0.155. The van der Waals surface area contributed by atoms with Gasteiger partial charge in [-0.25, -0.2) is 0 Å². The zero-order valence-electron chi connectivity index (χ0n) is 13.5. The minimum absolute atomic E-state index is 0.168. The fourth-order valence-corrected chi connectivity index (χ4v) is 2.04. The summed E-state index contributed by atoms with van der Waals surface area (Å²) in [5.41, 5.74) is 6.62. The molecule has 122 valence electrons. The number of fused-ring (bicyclic) bond motifs is 1. The highest BCUT2D eigenvalue weighted by Crippen LogP contribution is 2.17. The number of anilines is 1. The van der Waals surface area contributed by atoms with Crippen molar-refractivity contribution in [2.75, 3.05) is 5.32 Å². The normalized spacial score (nSPS) is 12.7. The summed E-state index contributed by atoms with van der Waals surface area (Å²) >= 11 is 0. The fraction of sp³-hybridized carbons (Fsp3) is 0.353. The van der Waals surface area contributed by atoms with E-state index in [1.54, 1.807) is 39.1 Å². The van der Waals surface area contributed by atoms with Crippen LogP contribution in [0, 0.1) is 0 Å². The Morgan fingerprint density at radius 2 is 2.04 bits per heavy atom.